The van der Waals surface area contributed by atoms with Gasteiger partial charge in [0, 0.05) is 18.1 Å². The number of hydrogen-bond acceptors (Lipinski definition) is 6. The Labute approximate surface area is 227 Å². The van der Waals surface area contributed by atoms with Crippen LogP contribution in [0, 0.1) is 0 Å². The number of ketones is 1. The molecule has 0 aromatic heterocycles. The number of nitrogens with one attached hydrogen (secondary N) is 1. The third-order valence-corrected chi connectivity index (χ3v) is 6.06. The van der Waals surface area contributed by atoms with E-state index in [1.165, 1.54) is 12.2 Å². The zero-order valence-corrected chi connectivity index (χ0v) is 21.4. The quantitative estimate of drug-likeness (QED) is 0.0787. The van der Waals surface area contributed by atoms with Gasteiger partial charge in [0.15, 0.2) is 5.78 Å². The van der Waals surface area contributed by atoms with Crippen LogP contribution in [-0.4, -0.2) is 30.2 Å². The van der Waals surface area contributed by atoms with Crippen LogP contribution >= 0.6 is 0 Å². The highest BCUT2D eigenvalue weighted by molar-refractivity contribution is 6.33. The maximum Gasteiger partial charge on any atom is 0.311 e. The van der Waals surface area contributed by atoms with Gasteiger partial charge in [0.05, 0.1) is 12.2 Å². The Hall–Kier alpha value is -4.78. The van der Waals surface area contributed by atoms with Crippen molar-refractivity contribution in [3.05, 3.63) is 108 Å². The number of imide groups is 1. The molecule has 0 saturated heterocycles. The summed E-state index contributed by atoms with van der Waals surface area (Å²) in [6.45, 7) is 0.545. The van der Waals surface area contributed by atoms with E-state index in [2.05, 4.69) is 5.32 Å². The first kappa shape index (κ1) is 27.3. The summed E-state index contributed by atoms with van der Waals surface area (Å²) in [6, 6.07) is 23.1. The Morgan fingerprint density at radius 1 is 0.769 bits per heavy atom. The van der Waals surface area contributed by atoms with E-state index in [9.17, 15) is 19.2 Å². The molecular weight excluding hydrogens is 494 g/mol. The Kier molecular flexibility index (Phi) is 9.56. The summed E-state index contributed by atoms with van der Waals surface area (Å²) < 4.78 is 11.1. The fourth-order valence-electron chi connectivity index (χ4n) is 3.97. The Balaban J connectivity index is 1.08. The van der Waals surface area contributed by atoms with Crippen LogP contribution in [-0.2, 0) is 14.4 Å². The summed E-state index contributed by atoms with van der Waals surface area (Å²) in [7, 11) is 0. The summed E-state index contributed by atoms with van der Waals surface area (Å²) in [6.07, 6.45) is 8.26. The minimum Gasteiger partial charge on any atom is -0.494 e. The lowest BCUT2D eigenvalue weighted by atomic mass is 10.1. The fraction of sp³-hybridized carbons (Fsp3) is 0.188. The zero-order chi connectivity index (χ0) is 27.5. The highest BCUT2D eigenvalue weighted by Gasteiger charge is 2.21. The van der Waals surface area contributed by atoms with E-state index in [4.69, 9.17) is 9.47 Å². The maximum absolute atomic E-state index is 12.2. The number of rotatable bonds is 13. The number of carbonyl (C=O) groups is 4. The van der Waals surface area contributed by atoms with Crippen molar-refractivity contribution in [1.82, 2.24) is 5.32 Å². The molecule has 39 heavy (non-hydrogen) atoms. The Morgan fingerprint density at radius 3 is 2.15 bits per heavy atom. The summed E-state index contributed by atoms with van der Waals surface area (Å²) in [4.78, 5) is 47.3. The van der Waals surface area contributed by atoms with Gasteiger partial charge in [0.25, 0.3) is 11.8 Å². The van der Waals surface area contributed by atoms with Crippen molar-refractivity contribution in [3.8, 4) is 11.5 Å². The molecular formula is C32H29NO6. The number of carbonyl (C=O) groups excluding carboxylic acids is 4. The molecule has 4 rings (SSSR count). The first-order chi connectivity index (χ1) is 19.0. The van der Waals surface area contributed by atoms with E-state index < -0.39 is 11.8 Å². The molecule has 3 aromatic carbocycles. The molecule has 0 fully saturated rings. The standard InChI is InChI=1S/C32H29NO6/c34-29(25-8-4-3-5-9-25)20-13-23-11-16-27(17-12-23)39-31(36)10-6-1-2-7-21-38-26-18-14-24(15-19-26)28-22-30(35)33-32(28)37/h3-5,8-9,11-20,22H,1-2,6-7,10,21H2,(H,33,35,37). The van der Waals surface area contributed by atoms with Crippen LogP contribution < -0.4 is 14.8 Å². The van der Waals surface area contributed by atoms with Crippen LogP contribution in [0.2, 0.25) is 0 Å². The molecule has 3 aromatic rings. The van der Waals surface area contributed by atoms with Crippen molar-refractivity contribution >= 4 is 35.2 Å². The number of allylic oxidation sites excluding steroid dienone is 1. The van der Waals surface area contributed by atoms with Gasteiger partial charge in [-0.3, -0.25) is 24.5 Å². The number of esters is 1. The van der Waals surface area contributed by atoms with Crippen LogP contribution in [0.3, 0.4) is 0 Å². The lowest BCUT2D eigenvalue weighted by Crippen LogP contribution is -2.21. The third-order valence-electron chi connectivity index (χ3n) is 6.06. The van der Waals surface area contributed by atoms with Crippen LogP contribution in [0.5, 0.6) is 11.5 Å². The molecule has 1 aliphatic heterocycles. The number of benzene rings is 3. The largest absolute Gasteiger partial charge is 0.494 e. The van der Waals surface area contributed by atoms with Gasteiger partial charge >= 0.3 is 5.97 Å². The van der Waals surface area contributed by atoms with Crippen molar-refractivity contribution in [2.75, 3.05) is 6.61 Å². The van der Waals surface area contributed by atoms with Crippen molar-refractivity contribution in [1.29, 1.82) is 0 Å². The second kappa shape index (κ2) is 13.7. The summed E-state index contributed by atoms with van der Waals surface area (Å²) in [5, 5.41) is 2.23. The fourth-order valence-corrected chi connectivity index (χ4v) is 3.97. The van der Waals surface area contributed by atoms with Crippen LogP contribution in [0.1, 0.15) is 53.6 Å². The molecule has 0 spiro atoms. The van der Waals surface area contributed by atoms with E-state index in [1.54, 1.807) is 66.7 Å². The van der Waals surface area contributed by atoms with Gasteiger partial charge in [0.2, 0.25) is 0 Å². The first-order valence-corrected chi connectivity index (χ1v) is 12.9. The lowest BCUT2D eigenvalue weighted by Gasteiger charge is -2.08. The van der Waals surface area contributed by atoms with Crippen molar-refractivity contribution < 1.29 is 28.7 Å². The number of ether oxygens (including phenoxy) is 2. The van der Waals surface area contributed by atoms with E-state index in [0.717, 1.165) is 31.2 Å². The second-order valence-electron chi connectivity index (χ2n) is 9.02. The van der Waals surface area contributed by atoms with E-state index in [-0.39, 0.29) is 11.8 Å². The molecule has 1 heterocycles. The zero-order valence-electron chi connectivity index (χ0n) is 21.4. The highest BCUT2D eigenvalue weighted by Crippen LogP contribution is 2.21. The molecule has 0 unspecified atom stereocenters. The minimum atomic E-state index is -0.403. The van der Waals surface area contributed by atoms with Gasteiger partial charge in [-0.15, -0.1) is 0 Å². The number of amides is 2. The first-order valence-electron chi connectivity index (χ1n) is 12.9. The SMILES string of the molecule is O=C1C=C(c2ccc(OCCCCCCC(=O)Oc3ccc(C=CC(=O)c4ccccc4)cc3)cc2)C(=O)N1. The van der Waals surface area contributed by atoms with Crippen LogP contribution in [0.25, 0.3) is 11.6 Å². The second-order valence-corrected chi connectivity index (χ2v) is 9.02. The van der Waals surface area contributed by atoms with Crippen molar-refractivity contribution in [3.63, 3.8) is 0 Å². The molecule has 198 valence electrons. The van der Waals surface area contributed by atoms with Crippen molar-refractivity contribution in [2.45, 2.75) is 32.1 Å². The molecule has 1 aliphatic rings. The van der Waals surface area contributed by atoms with Crippen LogP contribution in [0.15, 0.2) is 91.0 Å². The molecule has 0 aliphatic carbocycles. The van der Waals surface area contributed by atoms with Gasteiger partial charge < -0.3 is 9.47 Å². The predicted molar refractivity (Wildman–Crippen MR) is 148 cm³/mol. The average Bonchev–Trinajstić information content (AvgIpc) is 3.30. The molecule has 0 bridgehead atoms. The topological polar surface area (TPSA) is 98.8 Å². The van der Waals surface area contributed by atoms with E-state index in [1.807, 2.05) is 18.2 Å². The normalized spacial score (nSPS) is 12.8. The monoisotopic (exact) mass is 523 g/mol. The molecule has 0 atom stereocenters. The number of hydrogen-bond donors (Lipinski definition) is 1. The summed E-state index contributed by atoms with van der Waals surface area (Å²) in [5.41, 5.74) is 2.49. The summed E-state index contributed by atoms with van der Waals surface area (Å²) >= 11 is 0. The van der Waals surface area contributed by atoms with E-state index in [0.29, 0.717) is 41.2 Å². The van der Waals surface area contributed by atoms with Gasteiger partial charge in [-0.2, -0.15) is 0 Å². The Morgan fingerprint density at radius 2 is 1.46 bits per heavy atom. The van der Waals surface area contributed by atoms with Gasteiger partial charge in [-0.25, -0.2) is 0 Å². The van der Waals surface area contributed by atoms with Gasteiger partial charge in [-0.1, -0.05) is 73.5 Å². The molecule has 1 N–H and O–H groups in total. The molecule has 0 radical (unpaired) electrons. The maximum atomic E-state index is 12.2. The molecule has 0 saturated carbocycles. The minimum absolute atomic E-state index is 0.0692. The Bertz CT molecular complexity index is 1370. The van der Waals surface area contributed by atoms with E-state index >= 15 is 0 Å². The predicted octanol–water partition coefficient (Wildman–Crippen LogP) is 5.56. The summed E-state index contributed by atoms with van der Waals surface area (Å²) in [5.74, 6) is 0.0263. The van der Waals surface area contributed by atoms with Crippen LogP contribution in [0.4, 0.5) is 0 Å². The van der Waals surface area contributed by atoms with Crippen molar-refractivity contribution in [2.24, 2.45) is 0 Å². The third kappa shape index (κ3) is 8.36. The smallest absolute Gasteiger partial charge is 0.311 e. The molecule has 7 nitrogen and oxygen atoms in total. The molecule has 2 amide bonds. The lowest BCUT2D eigenvalue weighted by molar-refractivity contribution is -0.134. The highest BCUT2D eigenvalue weighted by atomic mass is 16.5. The van der Waals surface area contributed by atoms with Gasteiger partial charge in [-0.05, 0) is 54.3 Å². The number of unbranched alkanes of at least 4 members (excludes halogenated alkanes) is 3. The average molecular weight is 524 g/mol. The van der Waals surface area contributed by atoms with Gasteiger partial charge in [0.1, 0.15) is 11.5 Å². The molecule has 7 heteroatoms.